The first-order valence-electron chi connectivity index (χ1n) is 5.73. The van der Waals surface area contributed by atoms with Crippen molar-refractivity contribution in [3.63, 3.8) is 0 Å². The monoisotopic (exact) mass is 266 g/mol. The Bertz CT molecular complexity index is 315. The number of allylic oxidation sites excluding steroid dienone is 2. The van der Waals surface area contributed by atoms with Crippen molar-refractivity contribution in [1.82, 2.24) is 0 Å². The van der Waals surface area contributed by atoms with Gasteiger partial charge >= 0.3 is 98.8 Å². The van der Waals surface area contributed by atoms with Crippen molar-refractivity contribution in [3.05, 3.63) is 42.5 Å². The first kappa shape index (κ1) is 11.0. The molecule has 2 unspecified atom stereocenters. The Morgan fingerprint density at radius 1 is 1.20 bits per heavy atom. The van der Waals surface area contributed by atoms with Gasteiger partial charge in [-0.2, -0.15) is 0 Å². The zero-order valence-corrected chi connectivity index (χ0v) is 10.9. The van der Waals surface area contributed by atoms with Gasteiger partial charge in [0, 0.05) is 0 Å². The molecule has 1 aliphatic rings. The molecule has 0 saturated heterocycles. The summed E-state index contributed by atoms with van der Waals surface area (Å²) < 4.78 is 1.55. The molecule has 1 aromatic rings. The fourth-order valence-electron chi connectivity index (χ4n) is 2.05. The molecular formula is C14H18Se. The molecule has 2 rings (SSSR count). The van der Waals surface area contributed by atoms with Gasteiger partial charge < -0.3 is 0 Å². The first-order valence-corrected chi connectivity index (χ1v) is 7.57. The van der Waals surface area contributed by atoms with Crippen LogP contribution in [0, 0.1) is 5.92 Å². The van der Waals surface area contributed by atoms with Crippen molar-refractivity contribution in [2.24, 2.45) is 5.92 Å². The molecule has 2 atom stereocenters. The molecule has 0 spiro atoms. The summed E-state index contributed by atoms with van der Waals surface area (Å²) in [7, 11) is 0. The molecule has 0 aliphatic heterocycles. The van der Waals surface area contributed by atoms with Gasteiger partial charge in [-0.1, -0.05) is 0 Å². The third-order valence-corrected chi connectivity index (χ3v) is 5.77. The average Bonchev–Trinajstić information content (AvgIpc) is 2.31. The van der Waals surface area contributed by atoms with Crippen LogP contribution in [0.1, 0.15) is 26.2 Å². The van der Waals surface area contributed by atoms with Crippen LogP contribution in [-0.2, 0) is 0 Å². The zero-order chi connectivity index (χ0) is 10.5. The van der Waals surface area contributed by atoms with Gasteiger partial charge in [0.1, 0.15) is 0 Å². The third-order valence-electron chi connectivity index (χ3n) is 3.04. The minimum absolute atomic E-state index is 0.650. The summed E-state index contributed by atoms with van der Waals surface area (Å²) in [6, 6.07) is 11.0. The number of hydrogen-bond acceptors (Lipinski definition) is 0. The molecule has 80 valence electrons. The molecule has 0 heterocycles. The number of hydrogen-bond donors (Lipinski definition) is 0. The minimum atomic E-state index is 0.650. The molecule has 0 N–H and O–H groups in total. The molecule has 0 fully saturated rings. The van der Waals surface area contributed by atoms with Gasteiger partial charge in [-0.25, -0.2) is 0 Å². The Morgan fingerprint density at radius 3 is 2.67 bits per heavy atom. The average molecular weight is 265 g/mol. The van der Waals surface area contributed by atoms with E-state index in [1.807, 2.05) is 0 Å². The summed E-state index contributed by atoms with van der Waals surface area (Å²) in [5.41, 5.74) is 0. The summed E-state index contributed by atoms with van der Waals surface area (Å²) in [5, 5.41) is 0. The molecule has 0 aromatic heterocycles. The van der Waals surface area contributed by atoms with Gasteiger partial charge in [-0.05, 0) is 0 Å². The summed E-state index contributed by atoms with van der Waals surface area (Å²) in [6.07, 6.45) is 8.69. The van der Waals surface area contributed by atoms with E-state index in [9.17, 15) is 0 Å². The van der Waals surface area contributed by atoms with Gasteiger partial charge in [-0.3, -0.25) is 0 Å². The van der Waals surface area contributed by atoms with E-state index in [4.69, 9.17) is 0 Å². The summed E-state index contributed by atoms with van der Waals surface area (Å²) >= 11 is 0.650. The van der Waals surface area contributed by atoms with Gasteiger partial charge in [-0.15, -0.1) is 0 Å². The Kier molecular flexibility index (Phi) is 4.05. The summed E-state index contributed by atoms with van der Waals surface area (Å²) in [4.78, 5) is 0.879. The van der Waals surface area contributed by atoms with Crippen LogP contribution < -0.4 is 4.46 Å². The van der Waals surface area contributed by atoms with E-state index in [1.54, 1.807) is 4.46 Å². The number of benzene rings is 1. The number of rotatable bonds is 3. The van der Waals surface area contributed by atoms with Gasteiger partial charge in [0.2, 0.25) is 0 Å². The Balaban J connectivity index is 1.91. The van der Waals surface area contributed by atoms with Crippen LogP contribution >= 0.6 is 0 Å². The van der Waals surface area contributed by atoms with Crippen molar-refractivity contribution in [2.45, 2.75) is 31.0 Å². The van der Waals surface area contributed by atoms with Gasteiger partial charge in [0.15, 0.2) is 0 Å². The van der Waals surface area contributed by atoms with Gasteiger partial charge in [0.05, 0.1) is 0 Å². The fraction of sp³-hybridized carbons (Fsp3) is 0.429. The second kappa shape index (κ2) is 5.53. The fourth-order valence-corrected chi connectivity index (χ4v) is 4.54. The summed E-state index contributed by atoms with van der Waals surface area (Å²) in [5.74, 6) is 0.926. The first-order chi connectivity index (χ1) is 7.36. The van der Waals surface area contributed by atoms with E-state index in [0.717, 1.165) is 10.7 Å². The van der Waals surface area contributed by atoms with Crippen molar-refractivity contribution >= 4 is 19.4 Å². The molecule has 1 heteroatoms. The van der Waals surface area contributed by atoms with Crippen molar-refractivity contribution in [2.75, 3.05) is 0 Å². The Morgan fingerprint density at radius 2 is 2.00 bits per heavy atom. The third kappa shape index (κ3) is 3.22. The maximum absolute atomic E-state index is 2.43. The standard InChI is InChI=1S/C14H18Se/c1-12(13-8-4-2-5-9-13)15-14-10-6-3-7-11-14/h2-4,6-7,10-13H,5,8-9H2,1H3. The molecular weight excluding hydrogens is 247 g/mol. The quantitative estimate of drug-likeness (QED) is 0.581. The van der Waals surface area contributed by atoms with Crippen LogP contribution in [0.3, 0.4) is 0 Å². The van der Waals surface area contributed by atoms with Crippen LogP contribution in [0.25, 0.3) is 0 Å². The maximum atomic E-state index is 2.43. The topological polar surface area (TPSA) is 0 Å². The molecule has 0 nitrogen and oxygen atoms in total. The van der Waals surface area contributed by atoms with Crippen LogP contribution in [0.2, 0.25) is 4.82 Å². The van der Waals surface area contributed by atoms with Crippen LogP contribution in [0.4, 0.5) is 0 Å². The predicted molar refractivity (Wildman–Crippen MR) is 67.7 cm³/mol. The van der Waals surface area contributed by atoms with E-state index < -0.39 is 0 Å². The van der Waals surface area contributed by atoms with Gasteiger partial charge in [0.25, 0.3) is 0 Å². The normalized spacial score (nSPS) is 22.6. The molecule has 0 bridgehead atoms. The Hall–Kier alpha value is -0.521. The van der Waals surface area contributed by atoms with E-state index in [1.165, 1.54) is 19.3 Å². The van der Waals surface area contributed by atoms with E-state index in [-0.39, 0.29) is 0 Å². The van der Waals surface area contributed by atoms with Crippen LogP contribution in [0.5, 0.6) is 0 Å². The zero-order valence-electron chi connectivity index (χ0n) is 9.23. The van der Waals surface area contributed by atoms with Crippen molar-refractivity contribution in [1.29, 1.82) is 0 Å². The SMILES string of the molecule is CC([Se]c1ccccc1)C1CC=CCC1. The molecule has 1 aliphatic carbocycles. The molecule has 0 saturated carbocycles. The molecule has 0 amide bonds. The van der Waals surface area contributed by atoms with Crippen molar-refractivity contribution < 1.29 is 0 Å². The molecule has 1 aromatic carbocycles. The van der Waals surface area contributed by atoms with E-state index >= 15 is 0 Å². The molecule has 0 radical (unpaired) electrons. The second-order valence-corrected chi connectivity index (χ2v) is 7.22. The van der Waals surface area contributed by atoms with E-state index in [0.29, 0.717) is 15.0 Å². The molecule has 15 heavy (non-hydrogen) atoms. The van der Waals surface area contributed by atoms with E-state index in [2.05, 4.69) is 49.4 Å². The van der Waals surface area contributed by atoms with Crippen molar-refractivity contribution in [3.8, 4) is 0 Å². The predicted octanol–water partition coefficient (Wildman–Crippen LogP) is 3.18. The van der Waals surface area contributed by atoms with Crippen LogP contribution in [-0.4, -0.2) is 15.0 Å². The van der Waals surface area contributed by atoms with Crippen LogP contribution in [0.15, 0.2) is 42.5 Å². The summed E-state index contributed by atoms with van der Waals surface area (Å²) in [6.45, 7) is 2.43. The second-order valence-electron chi connectivity index (χ2n) is 4.18. The Labute approximate surface area is 98.9 Å².